The topological polar surface area (TPSA) is 50.9 Å². The van der Waals surface area contributed by atoms with E-state index >= 15 is 0 Å². The second-order valence-corrected chi connectivity index (χ2v) is 4.85. The number of pyridine rings is 1. The summed E-state index contributed by atoms with van der Waals surface area (Å²) in [5.41, 5.74) is 3.29. The van der Waals surface area contributed by atoms with Crippen molar-refractivity contribution in [2.75, 3.05) is 0 Å². The van der Waals surface area contributed by atoms with Crippen LogP contribution in [-0.2, 0) is 19.4 Å². The molecular weight excluding hydrogens is 238 g/mol. The van der Waals surface area contributed by atoms with Gasteiger partial charge in [0.25, 0.3) is 0 Å². The van der Waals surface area contributed by atoms with Crippen molar-refractivity contribution in [2.45, 2.75) is 45.8 Å². The summed E-state index contributed by atoms with van der Waals surface area (Å²) in [5.74, 6) is 0. The highest BCUT2D eigenvalue weighted by Crippen LogP contribution is 2.11. The Balaban J connectivity index is 1.88. The van der Waals surface area contributed by atoms with Crippen LogP contribution in [0.1, 0.15) is 30.3 Å². The Hall–Kier alpha value is -1.68. The van der Waals surface area contributed by atoms with E-state index in [0.717, 1.165) is 30.8 Å². The Morgan fingerprint density at radius 1 is 1.42 bits per heavy atom. The smallest absolute Gasteiger partial charge is 0.0598 e. The molecule has 0 saturated heterocycles. The van der Waals surface area contributed by atoms with Crippen molar-refractivity contribution in [1.82, 2.24) is 14.8 Å². The number of nitrogens with zero attached hydrogens (tertiary/aromatic N) is 3. The number of aromatic nitrogens is 3. The zero-order chi connectivity index (χ0) is 13.7. The number of hydrogen-bond acceptors (Lipinski definition) is 3. The molecule has 102 valence electrons. The first-order valence-electron chi connectivity index (χ1n) is 6.79. The Morgan fingerprint density at radius 2 is 2.26 bits per heavy atom. The van der Waals surface area contributed by atoms with Gasteiger partial charge in [-0.25, -0.2) is 0 Å². The van der Waals surface area contributed by atoms with Gasteiger partial charge in [-0.2, -0.15) is 5.10 Å². The van der Waals surface area contributed by atoms with Crippen LogP contribution in [0.15, 0.2) is 30.6 Å². The minimum atomic E-state index is -0.332. The standard InChI is InChI=1S/C15H21N3O/c1-3-18-14(9-12(2)17-18)10-15(19)7-6-13-5-4-8-16-11-13/h4-5,8-9,11,15,19H,3,6-7,10H2,1-2H3. The van der Waals surface area contributed by atoms with E-state index < -0.39 is 0 Å². The van der Waals surface area contributed by atoms with E-state index in [2.05, 4.69) is 23.1 Å². The molecule has 1 N–H and O–H groups in total. The largest absolute Gasteiger partial charge is 0.393 e. The minimum Gasteiger partial charge on any atom is -0.393 e. The molecule has 0 aliphatic carbocycles. The van der Waals surface area contributed by atoms with Crippen LogP contribution in [-0.4, -0.2) is 26.0 Å². The maximum atomic E-state index is 10.1. The molecule has 2 aromatic heterocycles. The Labute approximate surface area is 114 Å². The summed E-state index contributed by atoms with van der Waals surface area (Å²) < 4.78 is 1.96. The molecule has 0 aliphatic heterocycles. The van der Waals surface area contributed by atoms with Crippen LogP contribution in [0.5, 0.6) is 0 Å². The fraction of sp³-hybridized carbons (Fsp3) is 0.467. The average molecular weight is 259 g/mol. The van der Waals surface area contributed by atoms with Gasteiger partial charge in [0.2, 0.25) is 0 Å². The first-order chi connectivity index (χ1) is 9.19. The molecule has 1 atom stereocenters. The zero-order valence-electron chi connectivity index (χ0n) is 11.6. The van der Waals surface area contributed by atoms with E-state index in [1.165, 1.54) is 5.56 Å². The Morgan fingerprint density at radius 3 is 2.95 bits per heavy atom. The lowest BCUT2D eigenvalue weighted by Gasteiger charge is -2.11. The van der Waals surface area contributed by atoms with Gasteiger partial charge < -0.3 is 5.11 Å². The molecule has 4 nitrogen and oxygen atoms in total. The molecule has 0 fully saturated rings. The zero-order valence-corrected chi connectivity index (χ0v) is 11.6. The maximum Gasteiger partial charge on any atom is 0.0598 e. The van der Waals surface area contributed by atoms with Crippen molar-refractivity contribution in [3.05, 3.63) is 47.5 Å². The van der Waals surface area contributed by atoms with Crippen LogP contribution < -0.4 is 0 Å². The van der Waals surface area contributed by atoms with Gasteiger partial charge in [0.05, 0.1) is 11.8 Å². The van der Waals surface area contributed by atoms with E-state index in [0.29, 0.717) is 6.42 Å². The Kier molecular flexibility index (Phi) is 4.68. The second-order valence-electron chi connectivity index (χ2n) is 4.85. The molecule has 0 aliphatic rings. The lowest BCUT2D eigenvalue weighted by molar-refractivity contribution is 0.162. The third-order valence-corrected chi connectivity index (χ3v) is 3.22. The van der Waals surface area contributed by atoms with Crippen molar-refractivity contribution in [2.24, 2.45) is 0 Å². The van der Waals surface area contributed by atoms with Crippen molar-refractivity contribution in [3.63, 3.8) is 0 Å². The Bertz CT molecular complexity index is 507. The molecule has 19 heavy (non-hydrogen) atoms. The molecule has 0 aromatic carbocycles. The molecule has 4 heteroatoms. The van der Waals surface area contributed by atoms with Crippen LogP contribution in [0, 0.1) is 6.92 Å². The summed E-state index contributed by atoms with van der Waals surface area (Å²) in [6.45, 7) is 4.90. The molecule has 0 saturated carbocycles. The highest BCUT2D eigenvalue weighted by atomic mass is 16.3. The lowest BCUT2D eigenvalue weighted by atomic mass is 10.0. The van der Waals surface area contributed by atoms with E-state index in [-0.39, 0.29) is 6.10 Å². The minimum absolute atomic E-state index is 0.332. The van der Waals surface area contributed by atoms with Gasteiger partial charge >= 0.3 is 0 Å². The number of hydrogen-bond donors (Lipinski definition) is 1. The fourth-order valence-electron chi connectivity index (χ4n) is 2.26. The molecule has 0 bridgehead atoms. The highest BCUT2D eigenvalue weighted by Gasteiger charge is 2.11. The van der Waals surface area contributed by atoms with Gasteiger partial charge in [-0.1, -0.05) is 6.07 Å². The predicted molar refractivity (Wildman–Crippen MR) is 74.9 cm³/mol. The molecule has 2 aromatic rings. The quantitative estimate of drug-likeness (QED) is 0.864. The van der Waals surface area contributed by atoms with Gasteiger partial charge in [-0.15, -0.1) is 0 Å². The molecule has 0 amide bonds. The number of aryl methyl sites for hydroxylation is 3. The highest BCUT2D eigenvalue weighted by molar-refractivity contribution is 5.11. The summed E-state index contributed by atoms with van der Waals surface area (Å²) in [5, 5.41) is 14.5. The normalized spacial score (nSPS) is 12.6. The van der Waals surface area contributed by atoms with E-state index in [4.69, 9.17) is 0 Å². The van der Waals surface area contributed by atoms with Crippen molar-refractivity contribution in [3.8, 4) is 0 Å². The molecular formula is C15H21N3O. The van der Waals surface area contributed by atoms with E-state index in [1.807, 2.05) is 29.9 Å². The lowest BCUT2D eigenvalue weighted by Crippen LogP contribution is -2.15. The molecule has 1 unspecified atom stereocenters. The van der Waals surface area contributed by atoms with Crippen molar-refractivity contribution in [1.29, 1.82) is 0 Å². The third kappa shape index (κ3) is 3.89. The van der Waals surface area contributed by atoms with Crippen molar-refractivity contribution >= 4 is 0 Å². The summed E-state index contributed by atoms with van der Waals surface area (Å²) in [6.07, 6.45) is 5.56. The molecule has 0 spiro atoms. The van der Waals surface area contributed by atoms with Gasteiger partial charge in [0, 0.05) is 31.1 Å². The van der Waals surface area contributed by atoms with Gasteiger partial charge in [0.15, 0.2) is 0 Å². The fourth-order valence-corrected chi connectivity index (χ4v) is 2.26. The monoisotopic (exact) mass is 259 g/mol. The van der Waals surface area contributed by atoms with Crippen LogP contribution in [0.4, 0.5) is 0 Å². The van der Waals surface area contributed by atoms with Crippen molar-refractivity contribution < 1.29 is 5.11 Å². The molecule has 0 radical (unpaired) electrons. The maximum absolute atomic E-state index is 10.1. The van der Waals surface area contributed by atoms with Gasteiger partial charge in [-0.05, 0) is 44.4 Å². The summed E-state index contributed by atoms with van der Waals surface area (Å²) >= 11 is 0. The number of aliphatic hydroxyl groups excluding tert-OH is 1. The van der Waals surface area contributed by atoms with Crippen LogP contribution in [0.2, 0.25) is 0 Å². The number of aliphatic hydroxyl groups is 1. The average Bonchev–Trinajstić information content (AvgIpc) is 2.77. The second kappa shape index (κ2) is 6.48. The molecule has 2 rings (SSSR count). The van der Waals surface area contributed by atoms with Crippen LogP contribution in [0.3, 0.4) is 0 Å². The summed E-state index contributed by atoms with van der Waals surface area (Å²) in [6, 6.07) is 6.02. The summed E-state index contributed by atoms with van der Waals surface area (Å²) in [4.78, 5) is 4.08. The third-order valence-electron chi connectivity index (χ3n) is 3.22. The van der Waals surface area contributed by atoms with E-state index in [1.54, 1.807) is 6.20 Å². The first kappa shape index (κ1) is 13.7. The van der Waals surface area contributed by atoms with E-state index in [9.17, 15) is 5.11 Å². The predicted octanol–water partition coefficient (Wildman–Crippen LogP) is 2.14. The first-order valence-corrected chi connectivity index (χ1v) is 6.79. The van der Waals surface area contributed by atoms with Crippen LogP contribution in [0.25, 0.3) is 0 Å². The summed E-state index contributed by atoms with van der Waals surface area (Å²) in [7, 11) is 0. The van der Waals surface area contributed by atoms with Gasteiger partial charge in [-0.3, -0.25) is 9.67 Å². The number of rotatable bonds is 6. The van der Waals surface area contributed by atoms with Gasteiger partial charge in [0.1, 0.15) is 0 Å². The van der Waals surface area contributed by atoms with Crippen LogP contribution >= 0.6 is 0 Å². The SMILES string of the molecule is CCn1nc(C)cc1CC(O)CCc1cccnc1. The molecule has 2 heterocycles.